The zero-order valence-corrected chi connectivity index (χ0v) is 17.3. The van der Waals surface area contributed by atoms with Gasteiger partial charge >= 0.3 is 0 Å². The lowest BCUT2D eigenvalue weighted by Gasteiger charge is -2.38. The Morgan fingerprint density at radius 1 is 0.893 bits per heavy atom. The van der Waals surface area contributed by atoms with Crippen molar-refractivity contribution in [3.8, 4) is 0 Å². The number of halogens is 1. The Morgan fingerprint density at radius 3 is 2.11 bits per heavy atom. The molecule has 1 aliphatic heterocycles. The second-order valence-electron chi connectivity index (χ2n) is 6.98. The summed E-state index contributed by atoms with van der Waals surface area (Å²) in [6.07, 6.45) is 0. The smallest absolute Gasteiger partial charge is 0.212 e. The van der Waals surface area contributed by atoms with Gasteiger partial charge in [0.1, 0.15) is 11.4 Å². The molecule has 0 amide bonds. The van der Waals surface area contributed by atoms with Gasteiger partial charge in [-0.05, 0) is 30.8 Å². The van der Waals surface area contributed by atoms with Gasteiger partial charge < -0.3 is 15.1 Å². The topological polar surface area (TPSA) is 52.6 Å². The van der Waals surface area contributed by atoms with Gasteiger partial charge in [0.2, 0.25) is 11.6 Å². The van der Waals surface area contributed by atoms with Crippen LogP contribution in [0.2, 0.25) is 0 Å². The van der Waals surface area contributed by atoms with E-state index in [2.05, 4.69) is 38.0 Å². The fourth-order valence-electron chi connectivity index (χ4n) is 3.75. The van der Waals surface area contributed by atoms with Crippen LogP contribution in [0.4, 0.5) is 5.69 Å². The van der Waals surface area contributed by atoms with E-state index in [0.717, 1.165) is 42.9 Å². The van der Waals surface area contributed by atoms with E-state index < -0.39 is 0 Å². The summed E-state index contributed by atoms with van der Waals surface area (Å²) in [5, 5.41) is 3.23. The summed E-state index contributed by atoms with van der Waals surface area (Å²) in [6.45, 7) is 6.36. The molecule has 1 N–H and O–H groups in total. The van der Waals surface area contributed by atoms with Crippen molar-refractivity contribution >= 4 is 33.2 Å². The molecule has 0 spiro atoms. The predicted molar refractivity (Wildman–Crippen MR) is 114 cm³/mol. The molecular formula is C22H22BrN3O2. The summed E-state index contributed by atoms with van der Waals surface area (Å²) < 4.78 is 0.958. The van der Waals surface area contributed by atoms with Gasteiger partial charge in [0.05, 0.1) is 0 Å². The van der Waals surface area contributed by atoms with Crippen LogP contribution in [0.1, 0.15) is 27.6 Å². The number of carbonyl (C=O) groups is 2. The minimum atomic E-state index is -0.133. The summed E-state index contributed by atoms with van der Waals surface area (Å²) in [5.41, 5.74) is 2.59. The zero-order valence-electron chi connectivity index (χ0n) is 15.7. The largest absolute Gasteiger partial charge is 0.364 e. The van der Waals surface area contributed by atoms with Crippen LogP contribution in [0, 0.1) is 0 Å². The van der Waals surface area contributed by atoms with Gasteiger partial charge in [-0.25, -0.2) is 0 Å². The first-order chi connectivity index (χ1) is 13.6. The van der Waals surface area contributed by atoms with Crippen LogP contribution in [-0.2, 0) is 0 Å². The van der Waals surface area contributed by atoms with Crippen LogP contribution in [-0.4, -0.2) is 54.1 Å². The summed E-state index contributed by atoms with van der Waals surface area (Å²) in [6, 6.07) is 14.7. The number of rotatable bonds is 4. The lowest BCUT2D eigenvalue weighted by atomic mass is 9.89. The van der Waals surface area contributed by atoms with E-state index in [4.69, 9.17) is 0 Å². The first-order valence-electron chi connectivity index (χ1n) is 9.51. The van der Waals surface area contributed by atoms with Gasteiger partial charge in [0, 0.05) is 47.5 Å². The molecule has 1 fully saturated rings. The minimum absolute atomic E-state index is 0.0836. The molecule has 1 saturated heterocycles. The van der Waals surface area contributed by atoms with Crippen LogP contribution in [0.15, 0.2) is 64.4 Å². The maximum atomic E-state index is 13.4. The Kier molecular flexibility index (Phi) is 5.33. The summed E-state index contributed by atoms with van der Waals surface area (Å²) in [4.78, 5) is 31.1. The first-order valence-corrected chi connectivity index (χ1v) is 10.3. The van der Waals surface area contributed by atoms with Crippen molar-refractivity contribution in [1.82, 2.24) is 9.80 Å². The predicted octanol–water partition coefficient (Wildman–Crippen LogP) is 3.79. The second-order valence-corrected chi connectivity index (χ2v) is 7.90. The van der Waals surface area contributed by atoms with Crippen LogP contribution in [0.3, 0.4) is 0 Å². The molecule has 5 nitrogen and oxygen atoms in total. The molecule has 0 aromatic heterocycles. The molecule has 2 aromatic carbocycles. The van der Waals surface area contributed by atoms with Gasteiger partial charge in [-0.3, -0.25) is 9.59 Å². The van der Waals surface area contributed by atoms with Gasteiger partial charge in [0.25, 0.3) is 0 Å². The molecule has 4 rings (SSSR count). The molecule has 1 aliphatic carbocycles. The van der Waals surface area contributed by atoms with E-state index in [-0.39, 0.29) is 11.6 Å². The number of Topliss-reactive ketones (excluding diaryl/α,β-unsaturated/α-hetero) is 2. The number of fused-ring (bicyclic) bond motifs is 1. The highest BCUT2D eigenvalue weighted by molar-refractivity contribution is 9.10. The molecule has 0 saturated carbocycles. The molecule has 6 heteroatoms. The molecule has 2 aromatic rings. The van der Waals surface area contributed by atoms with Crippen LogP contribution in [0.25, 0.3) is 0 Å². The molecule has 0 unspecified atom stereocenters. The van der Waals surface area contributed by atoms with E-state index in [1.165, 1.54) is 0 Å². The summed E-state index contributed by atoms with van der Waals surface area (Å²) >= 11 is 3.43. The van der Waals surface area contributed by atoms with Crippen molar-refractivity contribution in [2.75, 3.05) is 38.0 Å². The molecular weight excluding hydrogens is 418 g/mol. The van der Waals surface area contributed by atoms with Crippen LogP contribution in [0.5, 0.6) is 0 Å². The van der Waals surface area contributed by atoms with Gasteiger partial charge in [-0.1, -0.05) is 47.1 Å². The number of benzene rings is 2. The quantitative estimate of drug-likeness (QED) is 0.784. The third-order valence-corrected chi connectivity index (χ3v) is 5.87. The van der Waals surface area contributed by atoms with Crippen LogP contribution >= 0.6 is 15.9 Å². The zero-order chi connectivity index (χ0) is 19.7. The van der Waals surface area contributed by atoms with Crippen LogP contribution < -0.4 is 5.32 Å². The van der Waals surface area contributed by atoms with E-state index >= 15 is 0 Å². The standard InChI is InChI=1S/C22H22BrN3O2/c1-2-25-11-13-26(14-12-25)20-19(24-16-9-7-15(23)8-10-16)21(27)17-5-3-4-6-18(17)22(20)28/h3-10,24H,2,11-14H2,1H3. The van der Waals surface area contributed by atoms with Gasteiger partial charge in [-0.15, -0.1) is 0 Å². The molecule has 0 bridgehead atoms. The number of likely N-dealkylation sites (N-methyl/N-ethyl adjacent to an activating group) is 1. The maximum Gasteiger partial charge on any atom is 0.212 e. The number of nitrogens with zero attached hydrogens (tertiary/aromatic N) is 2. The second kappa shape index (κ2) is 7.89. The van der Waals surface area contributed by atoms with E-state index in [0.29, 0.717) is 22.5 Å². The van der Waals surface area contributed by atoms with E-state index in [1.54, 1.807) is 18.2 Å². The third kappa shape index (κ3) is 3.50. The number of ketones is 2. The molecule has 1 heterocycles. The Hall–Kier alpha value is -2.44. The average Bonchev–Trinajstić information content (AvgIpc) is 2.74. The number of piperazine rings is 1. The van der Waals surface area contributed by atoms with Gasteiger partial charge in [0.15, 0.2) is 0 Å². The van der Waals surface area contributed by atoms with Crippen molar-refractivity contribution in [2.45, 2.75) is 6.92 Å². The Balaban J connectivity index is 1.76. The molecule has 0 atom stereocenters. The maximum absolute atomic E-state index is 13.4. The number of hydrogen-bond acceptors (Lipinski definition) is 5. The molecule has 2 aliphatic rings. The first kappa shape index (κ1) is 18.9. The van der Waals surface area contributed by atoms with Crippen molar-refractivity contribution in [3.63, 3.8) is 0 Å². The summed E-state index contributed by atoms with van der Waals surface area (Å²) in [7, 11) is 0. The Labute approximate surface area is 173 Å². The average molecular weight is 440 g/mol. The Morgan fingerprint density at radius 2 is 1.50 bits per heavy atom. The normalized spacial score (nSPS) is 17.7. The monoisotopic (exact) mass is 439 g/mol. The number of anilines is 1. The molecule has 144 valence electrons. The highest BCUT2D eigenvalue weighted by Gasteiger charge is 2.36. The number of allylic oxidation sites excluding steroid dienone is 2. The van der Waals surface area contributed by atoms with Crippen molar-refractivity contribution < 1.29 is 9.59 Å². The summed E-state index contributed by atoms with van der Waals surface area (Å²) in [5.74, 6) is -0.217. The van der Waals surface area contributed by atoms with E-state index in [1.807, 2.05) is 30.3 Å². The number of hydrogen-bond donors (Lipinski definition) is 1. The highest BCUT2D eigenvalue weighted by atomic mass is 79.9. The van der Waals surface area contributed by atoms with Crippen molar-refractivity contribution in [3.05, 3.63) is 75.5 Å². The number of carbonyl (C=O) groups excluding carboxylic acids is 2. The minimum Gasteiger partial charge on any atom is -0.364 e. The third-order valence-electron chi connectivity index (χ3n) is 5.34. The fraction of sp³-hybridized carbons (Fsp3) is 0.273. The van der Waals surface area contributed by atoms with Crippen molar-refractivity contribution in [2.24, 2.45) is 0 Å². The lowest BCUT2D eigenvalue weighted by Crippen LogP contribution is -2.48. The molecule has 28 heavy (non-hydrogen) atoms. The van der Waals surface area contributed by atoms with E-state index in [9.17, 15) is 9.59 Å². The lowest BCUT2D eigenvalue weighted by molar-refractivity contribution is 0.0909. The highest BCUT2D eigenvalue weighted by Crippen LogP contribution is 2.30. The van der Waals surface area contributed by atoms with Crippen molar-refractivity contribution in [1.29, 1.82) is 0 Å². The van der Waals surface area contributed by atoms with Gasteiger partial charge in [-0.2, -0.15) is 0 Å². The number of nitrogens with one attached hydrogen (secondary N) is 1. The Bertz CT molecular complexity index is 945. The molecule has 0 radical (unpaired) electrons. The SMILES string of the molecule is CCN1CCN(C2=C(Nc3ccc(Br)cc3)C(=O)c3ccccc3C2=O)CC1. The fourth-order valence-corrected chi connectivity index (χ4v) is 4.01.